The molecule has 0 spiro atoms. The molecule has 1 atom stereocenters. The molecule has 0 saturated carbocycles. The quantitative estimate of drug-likeness (QED) is 0.596. The number of ether oxygens (including phenoxy) is 2. The molecule has 1 saturated heterocycles. The molecule has 0 radical (unpaired) electrons. The molecule has 0 bridgehead atoms. The summed E-state index contributed by atoms with van der Waals surface area (Å²) in [5.41, 5.74) is 0. The number of hydrogen-bond donors (Lipinski definition) is 1. The maximum Gasteiger partial charge on any atom is 0.0679 e. The number of methoxy groups -OCH3 is 1. The van der Waals surface area contributed by atoms with Crippen LogP contribution in [0.2, 0.25) is 0 Å². The van der Waals surface area contributed by atoms with Gasteiger partial charge in [-0.15, -0.1) is 0 Å². The topological polar surface area (TPSA) is 41.9 Å². The van der Waals surface area contributed by atoms with E-state index in [1.807, 2.05) is 0 Å². The third kappa shape index (κ3) is 4.91. The summed E-state index contributed by atoms with van der Waals surface area (Å²) < 4.78 is 10.3. The average molecular weight is 203 g/mol. The van der Waals surface area contributed by atoms with Gasteiger partial charge in [0.05, 0.1) is 12.7 Å². The molecule has 14 heavy (non-hydrogen) atoms. The maximum absolute atomic E-state index is 9.27. The van der Waals surface area contributed by atoms with E-state index in [1.165, 1.54) is 0 Å². The smallest absolute Gasteiger partial charge is 0.0679 e. The normalized spacial score (nSPS) is 23.1. The van der Waals surface area contributed by atoms with Gasteiger partial charge in [-0.05, 0) is 12.8 Å². The highest BCUT2D eigenvalue weighted by atomic mass is 16.5. The summed E-state index contributed by atoms with van der Waals surface area (Å²) in [5, 5.41) is 9.27. The Morgan fingerprint density at radius 3 is 2.86 bits per heavy atom. The van der Waals surface area contributed by atoms with Crippen LogP contribution >= 0.6 is 0 Å². The van der Waals surface area contributed by atoms with Crippen LogP contribution in [0.15, 0.2) is 0 Å². The van der Waals surface area contributed by atoms with Crippen molar-refractivity contribution in [2.75, 3.05) is 46.6 Å². The Hall–Kier alpha value is -0.160. The second-order valence-corrected chi connectivity index (χ2v) is 3.70. The summed E-state index contributed by atoms with van der Waals surface area (Å²) in [7, 11) is 1.70. The first-order valence-electron chi connectivity index (χ1n) is 5.30. The van der Waals surface area contributed by atoms with E-state index in [9.17, 15) is 5.11 Å². The summed E-state index contributed by atoms with van der Waals surface area (Å²) in [6.45, 7) is 5.04. The number of rotatable bonds is 7. The summed E-state index contributed by atoms with van der Waals surface area (Å²) in [6.07, 6.45) is 1.74. The van der Waals surface area contributed by atoms with Crippen LogP contribution in [0.25, 0.3) is 0 Å². The zero-order valence-electron chi connectivity index (χ0n) is 8.95. The van der Waals surface area contributed by atoms with Crippen molar-refractivity contribution in [3.05, 3.63) is 0 Å². The molecule has 0 aliphatic carbocycles. The predicted octanol–water partition coefficient (Wildman–Crippen LogP) is 0.106. The van der Waals surface area contributed by atoms with E-state index in [-0.39, 0.29) is 6.10 Å². The van der Waals surface area contributed by atoms with Crippen LogP contribution < -0.4 is 0 Å². The molecule has 0 aromatic heterocycles. The fraction of sp³-hybridized carbons (Fsp3) is 1.00. The highest BCUT2D eigenvalue weighted by Gasteiger charge is 2.18. The van der Waals surface area contributed by atoms with Crippen molar-refractivity contribution in [3.63, 3.8) is 0 Å². The lowest BCUT2D eigenvalue weighted by atomic mass is 10.3. The van der Waals surface area contributed by atoms with Crippen LogP contribution in [0.4, 0.5) is 0 Å². The molecule has 1 unspecified atom stereocenters. The summed E-state index contributed by atoms with van der Waals surface area (Å²) in [6, 6.07) is 0. The molecule has 4 heteroatoms. The zero-order chi connectivity index (χ0) is 10.2. The molecule has 4 nitrogen and oxygen atoms in total. The Labute approximate surface area is 85.8 Å². The van der Waals surface area contributed by atoms with Gasteiger partial charge in [-0.2, -0.15) is 0 Å². The number of aliphatic hydroxyl groups is 1. The summed E-state index contributed by atoms with van der Waals surface area (Å²) >= 11 is 0. The Balaban J connectivity index is 1.84. The van der Waals surface area contributed by atoms with Gasteiger partial charge in [-0.25, -0.2) is 0 Å². The first kappa shape index (κ1) is 11.9. The molecule has 1 aliphatic rings. The second kappa shape index (κ2) is 7.17. The molecule has 0 aromatic carbocycles. The minimum Gasteiger partial charge on any atom is -0.392 e. The molecule has 0 amide bonds. The fourth-order valence-electron chi connectivity index (χ4n) is 1.62. The fourth-order valence-corrected chi connectivity index (χ4v) is 1.62. The lowest BCUT2D eigenvalue weighted by Gasteiger charge is -2.14. The highest BCUT2D eigenvalue weighted by Crippen LogP contribution is 2.07. The van der Waals surface area contributed by atoms with E-state index in [0.717, 1.165) is 52.3 Å². The van der Waals surface area contributed by atoms with E-state index in [1.54, 1.807) is 7.11 Å². The van der Waals surface area contributed by atoms with Crippen LogP contribution in [-0.2, 0) is 9.47 Å². The standard InChI is InChI=1S/C10H21NO3/c1-13-6-2-7-14-8-5-11-4-3-10(12)9-11/h10,12H,2-9H2,1H3. The first-order valence-corrected chi connectivity index (χ1v) is 5.30. The van der Waals surface area contributed by atoms with Gasteiger partial charge in [0.2, 0.25) is 0 Å². The number of aliphatic hydroxyl groups excluding tert-OH is 1. The van der Waals surface area contributed by atoms with Crippen LogP contribution in [0.5, 0.6) is 0 Å². The predicted molar refractivity (Wildman–Crippen MR) is 54.4 cm³/mol. The van der Waals surface area contributed by atoms with Crippen LogP contribution in [-0.4, -0.2) is 62.7 Å². The molecular formula is C10H21NO3. The van der Waals surface area contributed by atoms with Crippen LogP contribution in [0.3, 0.4) is 0 Å². The van der Waals surface area contributed by atoms with Crippen molar-refractivity contribution in [1.82, 2.24) is 4.90 Å². The van der Waals surface area contributed by atoms with Gasteiger partial charge < -0.3 is 14.6 Å². The van der Waals surface area contributed by atoms with Gasteiger partial charge in [-0.3, -0.25) is 4.90 Å². The Morgan fingerprint density at radius 1 is 1.36 bits per heavy atom. The van der Waals surface area contributed by atoms with Crippen LogP contribution in [0.1, 0.15) is 12.8 Å². The minimum absolute atomic E-state index is 0.122. The highest BCUT2D eigenvalue weighted by molar-refractivity contribution is 4.73. The average Bonchev–Trinajstić information content (AvgIpc) is 2.58. The van der Waals surface area contributed by atoms with Crippen molar-refractivity contribution >= 4 is 0 Å². The molecule has 84 valence electrons. The van der Waals surface area contributed by atoms with Crippen LogP contribution in [0, 0.1) is 0 Å². The largest absolute Gasteiger partial charge is 0.392 e. The van der Waals surface area contributed by atoms with Gasteiger partial charge in [0.25, 0.3) is 0 Å². The van der Waals surface area contributed by atoms with Gasteiger partial charge >= 0.3 is 0 Å². The molecule has 0 aromatic rings. The Bertz CT molecular complexity index is 143. The third-order valence-electron chi connectivity index (χ3n) is 2.44. The van der Waals surface area contributed by atoms with E-state index >= 15 is 0 Å². The summed E-state index contributed by atoms with van der Waals surface area (Å²) in [5.74, 6) is 0. The van der Waals surface area contributed by atoms with E-state index in [4.69, 9.17) is 9.47 Å². The van der Waals surface area contributed by atoms with Crippen molar-refractivity contribution in [3.8, 4) is 0 Å². The van der Waals surface area contributed by atoms with Gasteiger partial charge in [-0.1, -0.05) is 0 Å². The molecule has 1 rings (SSSR count). The van der Waals surface area contributed by atoms with E-state index < -0.39 is 0 Å². The number of likely N-dealkylation sites (tertiary alicyclic amines) is 1. The van der Waals surface area contributed by atoms with E-state index in [0.29, 0.717) is 0 Å². The lowest BCUT2D eigenvalue weighted by molar-refractivity contribution is 0.0850. The number of β-amino-alcohol motifs (C(OH)–C–C–N with tert-alkyl or cyclic N) is 1. The molecule has 1 aliphatic heterocycles. The van der Waals surface area contributed by atoms with Gasteiger partial charge in [0.1, 0.15) is 0 Å². The Morgan fingerprint density at radius 2 is 2.21 bits per heavy atom. The third-order valence-corrected chi connectivity index (χ3v) is 2.44. The first-order chi connectivity index (χ1) is 6.83. The van der Waals surface area contributed by atoms with Crippen molar-refractivity contribution in [2.24, 2.45) is 0 Å². The van der Waals surface area contributed by atoms with Gasteiger partial charge in [0, 0.05) is 40.0 Å². The maximum atomic E-state index is 9.27. The minimum atomic E-state index is -0.122. The second-order valence-electron chi connectivity index (χ2n) is 3.70. The number of nitrogens with zero attached hydrogens (tertiary/aromatic N) is 1. The zero-order valence-corrected chi connectivity index (χ0v) is 8.95. The number of hydrogen-bond acceptors (Lipinski definition) is 4. The lowest BCUT2D eigenvalue weighted by Crippen LogP contribution is -2.26. The summed E-state index contributed by atoms with van der Waals surface area (Å²) in [4.78, 5) is 2.24. The van der Waals surface area contributed by atoms with Crippen molar-refractivity contribution in [2.45, 2.75) is 18.9 Å². The SMILES string of the molecule is COCCCOCCN1CCC(O)C1. The monoisotopic (exact) mass is 203 g/mol. The molecule has 1 N–H and O–H groups in total. The van der Waals surface area contributed by atoms with Gasteiger partial charge in [0.15, 0.2) is 0 Å². The molecular weight excluding hydrogens is 182 g/mol. The van der Waals surface area contributed by atoms with Crippen molar-refractivity contribution < 1.29 is 14.6 Å². The molecule has 1 heterocycles. The Kier molecular flexibility index (Phi) is 6.10. The molecule has 1 fully saturated rings. The van der Waals surface area contributed by atoms with Crippen molar-refractivity contribution in [1.29, 1.82) is 0 Å². The van der Waals surface area contributed by atoms with E-state index in [2.05, 4.69) is 4.90 Å².